The molecule has 7 nitrogen and oxygen atoms in total. The molecule has 1 N–H and O–H groups in total. The number of nitriles is 1. The summed E-state index contributed by atoms with van der Waals surface area (Å²) in [5.41, 5.74) is 4.00. The van der Waals surface area contributed by atoms with Crippen molar-refractivity contribution < 1.29 is 4.79 Å². The fourth-order valence-corrected chi connectivity index (χ4v) is 4.79. The van der Waals surface area contributed by atoms with Crippen LogP contribution in [-0.4, -0.2) is 48.6 Å². The van der Waals surface area contributed by atoms with Crippen LogP contribution in [0.1, 0.15) is 17.2 Å². The number of anilines is 2. The zero-order chi connectivity index (χ0) is 25.6. The number of nitrogens with zero attached hydrogens (tertiary/aromatic N) is 5. The Morgan fingerprint density at radius 1 is 0.919 bits per heavy atom. The van der Waals surface area contributed by atoms with Crippen molar-refractivity contribution >= 4 is 40.0 Å². The number of fused-ring (bicyclic) bond motifs is 1. The summed E-state index contributed by atoms with van der Waals surface area (Å²) >= 11 is 6.19. The van der Waals surface area contributed by atoms with Gasteiger partial charge in [-0.2, -0.15) is 5.26 Å². The lowest BCUT2D eigenvalue weighted by molar-refractivity contribution is -0.121. The molecular weight excluding hydrogens is 484 g/mol. The van der Waals surface area contributed by atoms with E-state index < -0.39 is 5.92 Å². The van der Waals surface area contributed by atoms with Crippen LogP contribution < -0.4 is 15.1 Å². The Hall–Kier alpha value is -4.15. The predicted molar refractivity (Wildman–Crippen MR) is 147 cm³/mol. The Morgan fingerprint density at radius 2 is 1.59 bits per heavy atom. The maximum atomic E-state index is 13.2. The van der Waals surface area contributed by atoms with E-state index in [0.29, 0.717) is 48.1 Å². The number of aromatic nitrogens is 2. The Morgan fingerprint density at radius 3 is 2.30 bits per heavy atom. The Bertz CT molecular complexity index is 1430. The Kier molecular flexibility index (Phi) is 7.48. The highest BCUT2D eigenvalue weighted by atomic mass is 35.5. The highest BCUT2D eigenvalue weighted by Crippen LogP contribution is 2.29. The van der Waals surface area contributed by atoms with E-state index in [-0.39, 0.29) is 5.91 Å². The molecule has 37 heavy (non-hydrogen) atoms. The SMILES string of the molecule is N#C[C@H](C(=O)NCCc1ccccc1)c1nc2ccccc2nc1N1CCN(c2cccc(Cl)c2)CC1. The number of rotatable bonds is 7. The number of nitrogens with one attached hydrogen (secondary N) is 1. The van der Waals surface area contributed by atoms with Crippen molar-refractivity contribution in [3.8, 4) is 6.07 Å². The molecule has 1 aliphatic heterocycles. The molecule has 1 aromatic heterocycles. The number of para-hydroxylation sites is 2. The number of carbonyl (C=O) groups excluding carboxylic acids is 1. The molecule has 1 fully saturated rings. The van der Waals surface area contributed by atoms with Crippen molar-refractivity contribution in [1.29, 1.82) is 5.26 Å². The summed E-state index contributed by atoms with van der Waals surface area (Å²) in [6.45, 7) is 3.32. The summed E-state index contributed by atoms with van der Waals surface area (Å²) in [5, 5.41) is 13.7. The monoisotopic (exact) mass is 510 g/mol. The third-order valence-corrected chi connectivity index (χ3v) is 6.79. The number of hydrogen-bond acceptors (Lipinski definition) is 6. The molecule has 1 amide bonds. The molecule has 0 saturated carbocycles. The van der Waals surface area contributed by atoms with Crippen LogP contribution in [0.15, 0.2) is 78.9 Å². The molecule has 0 spiro atoms. The van der Waals surface area contributed by atoms with Crippen molar-refractivity contribution in [1.82, 2.24) is 15.3 Å². The number of amides is 1. The normalized spacial score (nSPS) is 14.3. The lowest BCUT2D eigenvalue weighted by Crippen LogP contribution is -2.47. The molecule has 0 radical (unpaired) electrons. The van der Waals surface area contributed by atoms with Gasteiger partial charge in [0.15, 0.2) is 11.7 Å². The highest BCUT2D eigenvalue weighted by molar-refractivity contribution is 6.30. The summed E-state index contributed by atoms with van der Waals surface area (Å²) in [5.74, 6) is -0.829. The van der Waals surface area contributed by atoms with E-state index >= 15 is 0 Å². The van der Waals surface area contributed by atoms with Crippen LogP contribution in [-0.2, 0) is 11.2 Å². The molecule has 8 heteroatoms. The van der Waals surface area contributed by atoms with Gasteiger partial charge >= 0.3 is 0 Å². The fraction of sp³-hybridized carbons (Fsp3) is 0.241. The van der Waals surface area contributed by atoms with Crippen LogP contribution in [0.2, 0.25) is 5.02 Å². The largest absolute Gasteiger partial charge is 0.368 e. The minimum absolute atomic E-state index is 0.359. The molecule has 0 unspecified atom stereocenters. The summed E-state index contributed by atoms with van der Waals surface area (Å²) in [4.78, 5) is 27.2. The van der Waals surface area contributed by atoms with Gasteiger partial charge in [-0.05, 0) is 42.3 Å². The van der Waals surface area contributed by atoms with Crippen LogP contribution in [0.3, 0.4) is 0 Å². The Labute approximate surface area is 221 Å². The molecule has 186 valence electrons. The molecule has 3 aromatic carbocycles. The van der Waals surface area contributed by atoms with Gasteiger partial charge in [0.05, 0.1) is 17.1 Å². The van der Waals surface area contributed by atoms with Crippen molar-refractivity contribution in [2.24, 2.45) is 0 Å². The van der Waals surface area contributed by atoms with E-state index in [1.165, 1.54) is 0 Å². The molecule has 2 heterocycles. The first-order chi connectivity index (χ1) is 18.1. The maximum absolute atomic E-state index is 13.2. The summed E-state index contributed by atoms with van der Waals surface area (Å²) < 4.78 is 0. The topological polar surface area (TPSA) is 85.1 Å². The van der Waals surface area contributed by atoms with Gasteiger partial charge in [-0.15, -0.1) is 0 Å². The standard InChI is InChI=1S/C29H27ClN6O/c30-22-9-6-10-23(19-22)35-15-17-36(18-16-35)28-27(33-25-11-4-5-12-26(25)34-28)24(20-31)29(37)32-14-13-21-7-2-1-3-8-21/h1-12,19,24H,13-18H2,(H,32,37)/t24-/m0/s1. The molecular formula is C29H27ClN6O. The van der Waals surface area contributed by atoms with Crippen molar-refractivity contribution in [2.45, 2.75) is 12.3 Å². The molecule has 0 aliphatic carbocycles. The van der Waals surface area contributed by atoms with E-state index in [1.54, 1.807) is 0 Å². The second-order valence-corrected chi connectivity index (χ2v) is 9.40. The van der Waals surface area contributed by atoms with Crippen LogP contribution >= 0.6 is 11.6 Å². The minimum Gasteiger partial charge on any atom is -0.368 e. The van der Waals surface area contributed by atoms with Gasteiger partial charge in [0.1, 0.15) is 5.69 Å². The lowest BCUT2D eigenvalue weighted by Gasteiger charge is -2.37. The summed E-state index contributed by atoms with van der Waals surface area (Å²) in [6, 6.07) is 27.5. The zero-order valence-electron chi connectivity index (χ0n) is 20.3. The maximum Gasteiger partial charge on any atom is 0.243 e. The van der Waals surface area contributed by atoms with E-state index in [1.807, 2.05) is 78.9 Å². The summed E-state index contributed by atoms with van der Waals surface area (Å²) in [6.07, 6.45) is 0.687. The van der Waals surface area contributed by atoms with Crippen LogP contribution in [0.25, 0.3) is 11.0 Å². The van der Waals surface area contributed by atoms with Crippen molar-refractivity contribution in [3.05, 3.63) is 95.1 Å². The minimum atomic E-state index is -1.06. The number of piperazine rings is 1. The molecule has 5 rings (SSSR count). The van der Waals surface area contributed by atoms with Crippen LogP contribution in [0.4, 0.5) is 11.5 Å². The third-order valence-electron chi connectivity index (χ3n) is 6.55. The van der Waals surface area contributed by atoms with E-state index in [4.69, 9.17) is 21.6 Å². The van der Waals surface area contributed by atoms with Gasteiger partial charge in [0.25, 0.3) is 0 Å². The molecule has 0 bridgehead atoms. The quantitative estimate of drug-likeness (QED) is 0.392. The average Bonchev–Trinajstić information content (AvgIpc) is 2.94. The number of hydrogen-bond donors (Lipinski definition) is 1. The van der Waals surface area contributed by atoms with Crippen LogP contribution in [0.5, 0.6) is 0 Å². The summed E-state index contributed by atoms with van der Waals surface area (Å²) in [7, 11) is 0. The predicted octanol–water partition coefficient (Wildman–Crippen LogP) is 4.58. The second kappa shape index (κ2) is 11.3. The zero-order valence-corrected chi connectivity index (χ0v) is 21.1. The number of halogens is 1. The van der Waals surface area contributed by atoms with Crippen LogP contribution in [0, 0.1) is 11.3 Å². The molecule has 1 saturated heterocycles. The number of carbonyl (C=O) groups is 1. The molecule has 4 aromatic rings. The average molecular weight is 511 g/mol. The highest BCUT2D eigenvalue weighted by Gasteiger charge is 2.30. The van der Waals surface area contributed by atoms with Gasteiger partial charge in [0, 0.05) is 43.4 Å². The van der Waals surface area contributed by atoms with E-state index in [2.05, 4.69) is 21.2 Å². The van der Waals surface area contributed by atoms with E-state index in [0.717, 1.165) is 29.9 Å². The molecule has 1 aliphatic rings. The van der Waals surface area contributed by atoms with Gasteiger partial charge in [-0.3, -0.25) is 4.79 Å². The van der Waals surface area contributed by atoms with Gasteiger partial charge in [0.2, 0.25) is 5.91 Å². The second-order valence-electron chi connectivity index (χ2n) is 8.96. The molecule has 1 atom stereocenters. The van der Waals surface area contributed by atoms with Crippen molar-refractivity contribution in [3.63, 3.8) is 0 Å². The van der Waals surface area contributed by atoms with Gasteiger partial charge < -0.3 is 15.1 Å². The van der Waals surface area contributed by atoms with E-state index in [9.17, 15) is 10.1 Å². The lowest BCUT2D eigenvalue weighted by atomic mass is 10.0. The fourth-order valence-electron chi connectivity index (χ4n) is 4.60. The Balaban J connectivity index is 1.37. The van der Waals surface area contributed by atoms with Gasteiger partial charge in [-0.1, -0.05) is 60.1 Å². The van der Waals surface area contributed by atoms with Crippen molar-refractivity contribution in [2.75, 3.05) is 42.5 Å². The number of benzene rings is 3. The first-order valence-electron chi connectivity index (χ1n) is 12.4. The first kappa shape index (κ1) is 24.5. The third kappa shape index (κ3) is 5.65. The van der Waals surface area contributed by atoms with Gasteiger partial charge in [-0.25, -0.2) is 9.97 Å². The first-order valence-corrected chi connectivity index (χ1v) is 12.7. The smallest absolute Gasteiger partial charge is 0.243 e.